The molecule has 0 fully saturated rings. The number of nitrogen functional groups attached to an aromatic ring is 1. The number of hydrogen-bond acceptors (Lipinski definition) is 2. The second-order valence-electron chi connectivity index (χ2n) is 6.42. The predicted octanol–water partition coefficient (Wildman–Crippen LogP) is 6.03. The Morgan fingerprint density at radius 3 is 2.05 bits per heavy atom. The minimum atomic E-state index is -1.87. The fourth-order valence-corrected chi connectivity index (χ4v) is 4.05. The third kappa shape index (κ3) is 4.14. The SMILES string of the molecule is CC(C)(C)[Si](C)(C)O[C@@H](CBr)c1cc(Cl)c(N)c(Cl)c1. The molecule has 0 saturated carbocycles. The van der Waals surface area contributed by atoms with Gasteiger partial charge in [-0.05, 0) is 35.8 Å². The number of nitrogens with two attached hydrogens (primary N) is 1. The van der Waals surface area contributed by atoms with Crippen molar-refractivity contribution >= 4 is 53.1 Å². The molecule has 1 aromatic carbocycles. The molecule has 114 valence electrons. The fourth-order valence-electron chi connectivity index (χ4n) is 1.51. The van der Waals surface area contributed by atoms with Crippen LogP contribution < -0.4 is 5.73 Å². The molecule has 6 heteroatoms. The zero-order valence-electron chi connectivity index (χ0n) is 12.6. The Hall–Kier alpha value is 0.257. The van der Waals surface area contributed by atoms with Crippen LogP contribution in [0.15, 0.2) is 12.1 Å². The van der Waals surface area contributed by atoms with Gasteiger partial charge in [0.15, 0.2) is 8.32 Å². The fraction of sp³-hybridized carbons (Fsp3) is 0.571. The lowest BCUT2D eigenvalue weighted by Crippen LogP contribution is -2.42. The van der Waals surface area contributed by atoms with Crippen LogP contribution in [0, 0.1) is 0 Å². The summed E-state index contributed by atoms with van der Waals surface area (Å²) in [5, 5.41) is 1.78. The Labute approximate surface area is 141 Å². The van der Waals surface area contributed by atoms with Crippen molar-refractivity contribution in [3.05, 3.63) is 27.7 Å². The summed E-state index contributed by atoms with van der Waals surface area (Å²) in [7, 11) is -1.87. The Balaban J connectivity index is 3.09. The van der Waals surface area contributed by atoms with Crippen molar-refractivity contribution in [2.75, 3.05) is 11.1 Å². The second kappa shape index (κ2) is 6.57. The van der Waals surface area contributed by atoms with E-state index in [4.69, 9.17) is 33.4 Å². The molecule has 0 heterocycles. The molecule has 0 amide bonds. The molecule has 2 nitrogen and oxygen atoms in total. The summed E-state index contributed by atoms with van der Waals surface area (Å²) in [6.45, 7) is 11.1. The van der Waals surface area contributed by atoms with E-state index in [1.807, 2.05) is 12.1 Å². The van der Waals surface area contributed by atoms with Gasteiger partial charge in [-0.2, -0.15) is 0 Å². The summed E-state index contributed by atoms with van der Waals surface area (Å²) in [5.74, 6) is 0. The van der Waals surface area contributed by atoms with Crippen molar-refractivity contribution in [2.24, 2.45) is 0 Å². The van der Waals surface area contributed by atoms with Gasteiger partial charge in [0.2, 0.25) is 0 Å². The monoisotopic (exact) mass is 397 g/mol. The van der Waals surface area contributed by atoms with Gasteiger partial charge >= 0.3 is 0 Å². The van der Waals surface area contributed by atoms with Gasteiger partial charge in [0.05, 0.1) is 21.8 Å². The summed E-state index contributed by atoms with van der Waals surface area (Å²) >= 11 is 15.7. The molecule has 2 N–H and O–H groups in total. The molecular formula is C14H22BrCl2NOSi. The largest absolute Gasteiger partial charge is 0.409 e. The van der Waals surface area contributed by atoms with Crippen LogP contribution in [0.25, 0.3) is 0 Å². The van der Waals surface area contributed by atoms with Crippen LogP contribution in [0.4, 0.5) is 5.69 Å². The molecule has 0 unspecified atom stereocenters. The molecule has 0 aliphatic heterocycles. The standard InChI is InChI=1S/C14H22BrCl2NOSi/c1-14(2,3)20(4,5)19-12(8-15)9-6-10(16)13(18)11(17)7-9/h6-7,12H,8,18H2,1-5H3/t12-/m0/s1. The van der Waals surface area contributed by atoms with E-state index in [1.54, 1.807) is 0 Å². The van der Waals surface area contributed by atoms with Crippen LogP contribution in [0.2, 0.25) is 28.2 Å². The average Bonchev–Trinajstić information content (AvgIpc) is 2.31. The summed E-state index contributed by atoms with van der Waals surface area (Å²) in [6, 6.07) is 3.67. The van der Waals surface area contributed by atoms with E-state index in [-0.39, 0.29) is 11.1 Å². The third-order valence-corrected chi connectivity index (χ3v) is 9.56. The minimum absolute atomic E-state index is 0.0773. The van der Waals surface area contributed by atoms with Crippen molar-refractivity contribution in [1.82, 2.24) is 0 Å². The van der Waals surface area contributed by atoms with Gasteiger partial charge in [0.25, 0.3) is 0 Å². The highest BCUT2D eigenvalue weighted by atomic mass is 79.9. The maximum Gasteiger partial charge on any atom is 0.192 e. The van der Waals surface area contributed by atoms with E-state index in [9.17, 15) is 0 Å². The molecule has 0 aromatic heterocycles. The molecule has 0 bridgehead atoms. The van der Waals surface area contributed by atoms with E-state index >= 15 is 0 Å². The number of anilines is 1. The predicted molar refractivity (Wildman–Crippen MR) is 95.7 cm³/mol. The van der Waals surface area contributed by atoms with Gasteiger partial charge in [-0.15, -0.1) is 0 Å². The van der Waals surface area contributed by atoms with Crippen molar-refractivity contribution in [3.8, 4) is 0 Å². The van der Waals surface area contributed by atoms with Crippen LogP contribution >= 0.6 is 39.1 Å². The summed E-state index contributed by atoms with van der Waals surface area (Å²) in [6.07, 6.45) is -0.0773. The van der Waals surface area contributed by atoms with Gasteiger partial charge in [0, 0.05) is 5.33 Å². The van der Waals surface area contributed by atoms with Crippen LogP contribution in [0.5, 0.6) is 0 Å². The lowest BCUT2D eigenvalue weighted by Gasteiger charge is -2.39. The zero-order valence-corrected chi connectivity index (χ0v) is 16.7. The molecule has 0 aliphatic rings. The number of hydrogen-bond donors (Lipinski definition) is 1. The van der Waals surface area contributed by atoms with Crippen LogP contribution in [-0.2, 0) is 4.43 Å². The molecule has 0 aliphatic carbocycles. The third-order valence-electron chi connectivity index (χ3n) is 3.86. The number of benzene rings is 1. The van der Waals surface area contributed by atoms with Gasteiger partial charge in [-0.1, -0.05) is 59.9 Å². The first-order valence-corrected chi connectivity index (χ1v) is 11.3. The van der Waals surface area contributed by atoms with Crippen LogP contribution in [-0.4, -0.2) is 13.6 Å². The smallest absolute Gasteiger partial charge is 0.192 e. The summed E-state index contributed by atoms with van der Waals surface area (Å²) in [5.41, 5.74) is 7.15. The molecule has 1 rings (SSSR count). The van der Waals surface area contributed by atoms with Gasteiger partial charge in [0.1, 0.15) is 0 Å². The highest BCUT2D eigenvalue weighted by Crippen LogP contribution is 2.41. The van der Waals surface area contributed by atoms with E-state index in [0.717, 1.165) is 5.56 Å². The number of halogens is 3. The molecule has 1 atom stereocenters. The second-order valence-corrected chi connectivity index (χ2v) is 12.6. The van der Waals surface area contributed by atoms with E-state index in [1.165, 1.54) is 0 Å². The van der Waals surface area contributed by atoms with Crippen LogP contribution in [0.3, 0.4) is 0 Å². The Kier molecular flexibility index (Phi) is 6.01. The normalized spacial score (nSPS) is 14.4. The quantitative estimate of drug-likeness (QED) is 0.381. The maximum atomic E-state index is 6.42. The lowest BCUT2D eigenvalue weighted by atomic mass is 10.1. The minimum Gasteiger partial charge on any atom is -0.409 e. The van der Waals surface area contributed by atoms with Crippen LogP contribution in [0.1, 0.15) is 32.4 Å². The first-order valence-electron chi connectivity index (χ1n) is 6.48. The Morgan fingerprint density at radius 1 is 1.25 bits per heavy atom. The average molecular weight is 399 g/mol. The highest BCUT2D eigenvalue weighted by Gasteiger charge is 2.39. The van der Waals surface area contributed by atoms with E-state index < -0.39 is 8.32 Å². The Bertz CT molecular complexity index is 466. The summed E-state index contributed by atoms with van der Waals surface area (Å²) < 4.78 is 6.42. The molecule has 20 heavy (non-hydrogen) atoms. The molecular weight excluding hydrogens is 377 g/mol. The topological polar surface area (TPSA) is 35.2 Å². The summed E-state index contributed by atoms with van der Waals surface area (Å²) in [4.78, 5) is 0. The molecule has 0 spiro atoms. The van der Waals surface area contributed by atoms with Crippen molar-refractivity contribution in [1.29, 1.82) is 0 Å². The molecule has 0 radical (unpaired) electrons. The number of rotatable bonds is 4. The van der Waals surface area contributed by atoms with Gasteiger partial charge in [-0.3, -0.25) is 0 Å². The Morgan fingerprint density at radius 2 is 1.70 bits per heavy atom. The molecule has 0 saturated heterocycles. The van der Waals surface area contributed by atoms with Crippen molar-refractivity contribution in [2.45, 2.75) is 45.0 Å². The van der Waals surface area contributed by atoms with E-state index in [2.05, 4.69) is 49.8 Å². The first-order chi connectivity index (χ1) is 8.99. The van der Waals surface area contributed by atoms with Crippen molar-refractivity contribution in [3.63, 3.8) is 0 Å². The lowest BCUT2D eigenvalue weighted by molar-refractivity contribution is 0.208. The van der Waals surface area contributed by atoms with Crippen molar-refractivity contribution < 1.29 is 4.43 Å². The zero-order chi connectivity index (χ0) is 15.7. The maximum absolute atomic E-state index is 6.42. The number of alkyl halides is 1. The van der Waals surface area contributed by atoms with E-state index in [0.29, 0.717) is 21.1 Å². The van der Waals surface area contributed by atoms with Gasteiger partial charge < -0.3 is 10.2 Å². The highest BCUT2D eigenvalue weighted by molar-refractivity contribution is 9.09. The molecule has 1 aromatic rings. The first kappa shape index (κ1) is 18.3. The van der Waals surface area contributed by atoms with Gasteiger partial charge in [-0.25, -0.2) is 0 Å².